The molecule has 0 bridgehead atoms. The number of anilines is 1. The molecular weight excluding hydrogens is 540 g/mol. The molecule has 4 aromatic rings. The number of imidazole rings is 1. The summed E-state index contributed by atoms with van der Waals surface area (Å²) in [7, 11) is -3.78. The van der Waals surface area contributed by atoms with Crippen LogP contribution < -0.4 is 11.3 Å². The second-order valence-corrected chi connectivity index (χ2v) is 11.2. The number of nitrogens with two attached hydrogens (primary N) is 1. The Bertz CT molecular complexity index is 1510. The molecule has 0 aliphatic heterocycles. The van der Waals surface area contributed by atoms with Crippen LogP contribution in [0, 0.1) is 12.7 Å². The number of aromatic amines is 1. The van der Waals surface area contributed by atoms with Crippen molar-refractivity contribution in [1.29, 1.82) is 0 Å². The normalized spacial score (nSPS) is 13.9. The van der Waals surface area contributed by atoms with Crippen LogP contribution in [0.3, 0.4) is 0 Å². The van der Waals surface area contributed by atoms with E-state index in [1.807, 2.05) is 37.3 Å². The maximum absolute atomic E-state index is 14.0. The molecule has 11 nitrogen and oxygen atoms in total. The molecule has 0 saturated heterocycles. The molecule has 0 amide bonds. The summed E-state index contributed by atoms with van der Waals surface area (Å²) in [5.41, 5.74) is 7.68. The summed E-state index contributed by atoms with van der Waals surface area (Å²) < 4.78 is 52.4. The van der Waals surface area contributed by atoms with Crippen molar-refractivity contribution < 1.29 is 27.5 Å². The fourth-order valence-electron chi connectivity index (χ4n) is 3.75. The first-order valence-corrected chi connectivity index (χ1v) is 14.6. The Morgan fingerprint density at radius 3 is 2.67 bits per heavy atom. The summed E-state index contributed by atoms with van der Waals surface area (Å²) in [5.74, 6) is -0.409. The highest BCUT2D eigenvalue weighted by atomic mass is 31.2. The zero-order valence-electron chi connectivity index (χ0n) is 22.4. The number of nitrogens with one attached hydrogen (secondary N) is 1. The van der Waals surface area contributed by atoms with Gasteiger partial charge in [0.2, 0.25) is 5.95 Å². The van der Waals surface area contributed by atoms with Gasteiger partial charge in [0.25, 0.3) is 5.56 Å². The van der Waals surface area contributed by atoms with Gasteiger partial charge in [-0.15, -0.1) is 0 Å². The molecule has 40 heavy (non-hydrogen) atoms. The maximum Gasteiger partial charge on any atom is 0.356 e. The number of nitrogen functional groups attached to an aromatic ring is 1. The third-order valence-electron chi connectivity index (χ3n) is 6.12. The lowest BCUT2D eigenvalue weighted by molar-refractivity contribution is 0.000168. The van der Waals surface area contributed by atoms with E-state index in [9.17, 15) is 13.8 Å². The third-order valence-corrected chi connectivity index (χ3v) is 7.69. The highest BCUT2D eigenvalue weighted by molar-refractivity contribution is 7.53. The number of aromatic nitrogens is 4. The van der Waals surface area contributed by atoms with Crippen molar-refractivity contribution in [1.82, 2.24) is 19.5 Å². The predicted octanol–water partition coefficient (Wildman–Crippen LogP) is 4.55. The van der Waals surface area contributed by atoms with Gasteiger partial charge < -0.3 is 28.8 Å². The summed E-state index contributed by atoms with van der Waals surface area (Å²) >= 11 is 0. The maximum atomic E-state index is 14.0. The summed E-state index contributed by atoms with van der Waals surface area (Å²) in [5, 5.41) is 0. The van der Waals surface area contributed by atoms with Gasteiger partial charge in [-0.05, 0) is 36.1 Å². The van der Waals surface area contributed by atoms with Gasteiger partial charge in [-0.25, -0.2) is 9.37 Å². The summed E-state index contributed by atoms with van der Waals surface area (Å²) in [4.78, 5) is 22.6. The average Bonchev–Trinajstić information content (AvgIpc) is 3.35. The molecule has 2 aromatic heterocycles. The molecule has 4 rings (SSSR count). The second-order valence-electron chi connectivity index (χ2n) is 9.19. The molecule has 0 fully saturated rings. The number of H-pyrrole nitrogens is 1. The van der Waals surface area contributed by atoms with Crippen molar-refractivity contribution >= 4 is 24.7 Å². The molecular formula is C27H33FN5O6P. The minimum absolute atomic E-state index is 0.0182. The first kappa shape index (κ1) is 29.6. The Morgan fingerprint density at radius 1 is 1.12 bits per heavy atom. The number of hydrogen-bond donors (Lipinski definition) is 2. The molecule has 13 heteroatoms. The third kappa shape index (κ3) is 8.06. The van der Waals surface area contributed by atoms with Crippen molar-refractivity contribution in [2.24, 2.45) is 0 Å². The van der Waals surface area contributed by atoms with Crippen molar-refractivity contribution in [3.05, 3.63) is 87.7 Å². The van der Waals surface area contributed by atoms with Crippen LogP contribution in [0.1, 0.15) is 30.0 Å². The number of ether oxygens (including phenoxy) is 2. The number of fused-ring (bicyclic) bond motifs is 1. The molecule has 0 saturated carbocycles. The topological polar surface area (TPSA) is 144 Å². The van der Waals surface area contributed by atoms with Crippen molar-refractivity contribution in [2.45, 2.75) is 46.1 Å². The van der Waals surface area contributed by atoms with E-state index < -0.39 is 13.2 Å². The van der Waals surface area contributed by atoms with Crippen LogP contribution in [0.4, 0.5) is 10.3 Å². The van der Waals surface area contributed by atoms with Gasteiger partial charge in [0.1, 0.15) is 12.2 Å². The summed E-state index contributed by atoms with van der Waals surface area (Å²) in [6.45, 7) is 4.23. The van der Waals surface area contributed by atoms with Crippen LogP contribution in [-0.2, 0) is 42.8 Å². The zero-order valence-corrected chi connectivity index (χ0v) is 23.3. The van der Waals surface area contributed by atoms with Crippen molar-refractivity contribution in [3.8, 4) is 0 Å². The average molecular weight is 574 g/mol. The second kappa shape index (κ2) is 13.8. The Hall–Kier alpha value is -3.41. The molecule has 0 spiro atoms. The highest BCUT2D eigenvalue weighted by Crippen LogP contribution is 2.49. The van der Waals surface area contributed by atoms with Crippen LogP contribution in [0.15, 0.2) is 59.7 Å². The van der Waals surface area contributed by atoms with E-state index in [-0.39, 0.29) is 56.1 Å². The lowest BCUT2D eigenvalue weighted by Crippen LogP contribution is -2.20. The van der Waals surface area contributed by atoms with Crippen LogP contribution >= 0.6 is 7.60 Å². The SMILES string of the molecule is CCC(COP(=O)(COCCn1cnc2c(=O)[nH]c(N)nc21)OCc1ccc(C)c(F)c1)OCc1ccccc1. The molecule has 2 heterocycles. The molecule has 2 atom stereocenters. The lowest BCUT2D eigenvalue weighted by atomic mass is 10.1. The molecule has 0 aliphatic carbocycles. The van der Waals surface area contributed by atoms with E-state index in [4.69, 9.17) is 24.3 Å². The minimum Gasteiger partial charge on any atom is -0.371 e. The summed E-state index contributed by atoms with van der Waals surface area (Å²) in [6.07, 6.45) is 1.39. The Balaban J connectivity index is 1.38. The Kier molecular flexibility index (Phi) is 10.2. The van der Waals surface area contributed by atoms with Gasteiger partial charge in [0.15, 0.2) is 11.2 Å². The molecule has 0 aliphatic rings. The minimum atomic E-state index is -3.78. The van der Waals surface area contributed by atoms with E-state index in [1.165, 1.54) is 12.4 Å². The van der Waals surface area contributed by atoms with Gasteiger partial charge in [0, 0.05) is 6.54 Å². The molecule has 2 aromatic carbocycles. The summed E-state index contributed by atoms with van der Waals surface area (Å²) in [6, 6.07) is 14.4. The fourth-order valence-corrected chi connectivity index (χ4v) is 5.07. The number of rotatable bonds is 15. The fraction of sp³-hybridized carbons (Fsp3) is 0.370. The molecule has 214 valence electrons. The number of nitrogens with zero attached hydrogens (tertiary/aromatic N) is 3. The van der Waals surface area contributed by atoms with Crippen LogP contribution in [0.5, 0.6) is 0 Å². The zero-order chi connectivity index (χ0) is 28.5. The molecule has 3 N–H and O–H groups in total. The Labute approximate surface area is 231 Å². The number of aryl methyl sites for hydroxylation is 1. The van der Waals surface area contributed by atoms with Crippen LogP contribution in [0.2, 0.25) is 0 Å². The van der Waals surface area contributed by atoms with E-state index in [1.54, 1.807) is 23.6 Å². The van der Waals surface area contributed by atoms with Gasteiger partial charge in [-0.2, -0.15) is 4.98 Å². The standard InChI is InChI=1S/C27H33FN5O6P/c1-3-22(37-14-20-7-5-4-6-8-20)16-39-40(35,38-15-21-10-9-19(2)23(28)13-21)18-36-12-11-33-17-30-24-25(33)31-27(29)32-26(24)34/h4-10,13,17,22H,3,11-12,14-16,18H2,1-2H3,(H3,29,31,32,34). The first-order valence-electron chi connectivity index (χ1n) is 12.8. The monoisotopic (exact) mass is 573 g/mol. The van der Waals surface area contributed by atoms with E-state index in [2.05, 4.69) is 15.0 Å². The van der Waals surface area contributed by atoms with Crippen LogP contribution in [0.25, 0.3) is 11.2 Å². The number of hydrogen-bond acceptors (Lipinski definition) is 9. The lowest BCUT2D eigenvalue weighted by Gasteiger charge is -2.22. The van der Waals surface area contributed by atoms with E-state index >= 15 is 0 Å². The van der Waals surface area contributed by atoms with Crippen molar-refractivity contribution in [3.63, 3.8) is 0 Å². The number of benzene rings is 2. The van der Waals surface area contributed by atoms with Gasteiger partial charge >= 0.3 is 7.60 Å². The number of halogens is 1. The quantitative estimate of drug-likeness (QED) is 0.155. The highest BCUT2D eigenvalue weighted by Gasteiger charge is 2.27. The van der Waals surface area contributed by atoms with Gasteiger partial charge in [-0.1, -0.05) is 49.4 Å². The predicted molar refractivity (Wildman–Crippen MR) is 148 cm³/mol. The van der Waals surface area contributed by atoms with Crippen LogP contribution in [-0.4, -0.2) is 45.2 Å². The largest absolute Gasteiger partial charge is 0.371 e. The van der Waals surface area contributed by atoms with E-state index in [0.717, 1.165) is 5.56 Å². The molecule has 0 radical (unpaired) electrons. The smallest absolute Gasteiger partial charge is 0.356 e. The van der Waals surface area contributed by atoms with Crippen molar-refractivity contribution in [2.75, 3.05) is 25.3 Å². The van der Waals surface area contributed by atoms with Gasteiger partial charge in [-0.3, -0.25) is 14.3 Å². The Morgan fingerprint density at radius 2 is 1.93 bits per heavy atom. The van der Waals surface area contributed by atoms with Gasteiger partial charge in [0.05, 0.1) is 38.9 Å². The molecule has 2 unspecified atom stereocenters. The first-order chi connectivity index (χ1) is 19.3. The van der Waals surface area contributed by atoms with E-state index in [0.29, 0.717) is 29.8 Å².